The van der Waals surface area contributed by atoms with Crippen LogP contribution in [0.4, 0.5) is 0 Å². The molecule has 0 aliphatic heterocycles. The van der Waals surface area contributed by atoms with Crippen molar-refractivity contribution in [2.45, 2.75) is 13.3 Å². The Kier molecular flexibility index (Phi) is 4.31. The summed E-state index contributed by atoms with van der Waals surface area (Å²) in [6.07, 6.45) is 1.79. The molecular formula is C13H13N3O2S. The zero-order valence-corrected chi connectivity index (χ0v) is 11.5. The molecule has 0 spiro atoms. The number of nitrogens with zero attached hydrogens (tertiary/aromatic N) is 3. The summed E-state index contributed by atoms with van der Waals surface area (Å²) in [5, 5.41) is 8.83. The van der Waals surface area contributed by atoms with Crippen molar-refractivity contribution < 1.29 is 9.47 Å². The quantitative estimate of drug-likeness (QED) is 0.839. The average molecular weight is 275 g/mol. The standard InChI is InChI=1S/C13H13N3O2S/c1-3-18-10-7-12(19-11(10)4-5-14)9-6-13(17-2)16-8-15-9/h6-8H,3-4H2,1-2H3. The van der Waals surface area contributed by atoms with Crippen LogP contribution in [0.5, 0.6) is 11.6 Å². The van der Waals surface area contributed by atoms with Crippen molar-refractivity contribution in [3.8, 4) is 28.3 Å². The van der Waals surface area contributed by atoms with E-state index in [2.05, 4.69) is 16.0 Å². The maximum absolute atomic E-state index is 8.83. The number of rotatable bonds is 5. The summed E-state index contributed by atoms with van der Waals surface area (Å²) in [6.45, 7) is 2.49. The van der Waals surface area contributed by atoms with Crippen LogP contribution < -0.4 is 9.47 Å². The number of hydrogen-bond donors (Lipinski definition) is 0. The molecule has 0 fully saturated rings. The van der Waals surface area contributed by atoms with Crippen molar-refractivity contribution in [3.05, 3.63) is 23.3 Å². The van der Waals surface area contributed by atoms with E-state index in [1.165, 1.54) is 17.7 Å². The van der Waals surface area contributed by atoms with Crippen molar-refractivity contribution >= 4 is 11.3 Å². The Morgan fingerprint density at radius 2 is 2.21 bits per heavy atom. The molecule has 0 radical (unpaired) electrons. The van der Waals surface area contributed by atoms with Crippen molar-refractivity contribution in [2.24, 2.45) is 0 Å². The third kappa shape index (κ3) is 3.01. The summed E-state index contributed by atoms with van der Waals surface area (Å²) in [7, 11) is 1.56. The van der Waals surface area contributed by atoms with E-state index in [0.717, 1.165) is 21.2 Å². The van der Waals surface area contributed by atoms with Crippen LogP contribution >= 0.6 is 11.3 Å². The van der Waals surface area contributed by atoms with Gasteiger partial charge >= 0.3 is 0 Å². The largest absolute Gasteiger partial charge is 0.493 e. The summed E-state index contributed by atoms with van der Waals surface area (Å²) < 4.78 is 10.6. The molecule has 5 nitrogen and oxygen atoms in total. The predicted octanol–water partition coefficient (Wildman–Crippen LogP) is 2.68. The van der Waals surface area contributed by atoms with Crippen LogP contribution in [0.3, 0.4) is 0 Å². The zero-order chi connectivity index (χ0) is 13.7. The van der Waals surface area contributed by atoms with Gasteiger partial charge in [0.2, 0.25) is 5.88 Å². The van der Waals surface area contributed by atoms with E-state index in [0.29, 0.717) is 18.9 Å². The molecule has 0 aromatic carbocycles. The number of methoxy groups -OCH3 is 1. The molecule has 0 bridgehead atoms. The first-order chi connectivity index (χ1) is 9.28. The van der Waals surface area contributed by atoms with E-state index >= 15 is 0 Å². The van der Waals surface area contributed by atoms with Gasteiger partial charge < -0.3 is 9.47 Å². The molecule has 0 aliphatic rings. The van der Waals surface area contributed by atoms with Gasteiger partial charge in [0.25, 0.3) is 0 Å². The third-order valence-corrected chi connectivity index (χ3v) is 3.55. The summed E-state index contributed by atoms with van der Waals surface area (Å²) in [5.41, 5.74) is 0.766. The molecule has 0 N–H and O–H groups in total. The van der Waals surface area contributed by atoms with Gasteiger partial charge in [-0.05, 0) is 6.92 Å². The minimum atomic E-state index is 0.336. The van der Waals surface area contributed by atoms with Gasteiger partial charge in [0, 0.05) is 12.1 Å². The highest BCUT2D eigenvalue weighted by Crippen LogP contribution is 2.36. The Labute approximate surface area is 115 Å². The summed E-state index contributed by atoms with van der Waals surface area (Å²) >= 11 is 1.50. The summed E-state index contributed by atoms with van der Waals surface area (Å²) in [5.74, 6) is 1.26. The molecule has 2 heterocycles. The molecule has 0 amide bonds. The van der Waals surface area contributed by atoms with E-state index in [9.17, 15) is 0 Å². The molecule has 0 saturated heterocycles. The van der Waals surface area contributed by atoms with E-state index in [4.69, 9.17) is 14.7 Å². The maximum Gasteiger partial charge on any atom is 0.216 e. The Morgan fingerprint density at radius 3 is 2.89 bits per heavy atom. The van der Waals surface area contributed by atoms with Crippen molar-refractivity contribution in [1.29, 1.82) is 5.26 Å². The molecule has 6 heteroatoms. The van der Waals surface area contributed by atoms with Gasteiger partial charge in [-0.2, -0.15) is 5.26 Å². The van der Waals surface area contributed by atoms with Gasteiger partial charge in [-0.15, -0.1) is 11.3 Å². The molecule has 0 saturated carbocycles. The highest BCUT2D eigenvalue weighted by atomic mass is 32.1. The number of aromatic nitrogens is 2. The molecule has 2 rings (SSSR count). The SMILES string of the molecule is CCOc1cc(-c2cc(OC)ncn2)sc1CC#N. The number of hydrogen-bond acceptors (Lipinski definition) is 6. The Morgan fingerprint density at radius 1 is 1.37 bits per heavy atom. The van der Waals surface area contributed by atoms with Crippen LogP contribution in [-0.2, 0) is 6.42 Å². The number of nitriles is 1. The van der Waals surface area contributed by atoms with Gasteiger partial charge in [0.05, 0.1) is 41.7 Å². The molecule has 19 heavy (non-hydrogen) atoms. The topological polar surface area (TPSA) is 68.0 Å². The van der Waals surface area contributed by atoms with Crippen LogP contribution in [0.25, 0.3) is 10.6 Å². The number of thiophene rings is 1. The van der Waals surface area contributed by atoms with E-state index in [1.54, 1.807) is 13.2 Å². The van der Waals surface area contributed by atoms with Crippen LogP contribution in [0.2, 0.25) is 0 Å². The monoisotopic (exact) mass is 275 g/mol. The molecular weight excluding hydrogens is 262 g/mol. The smallest absolute Gasteiger partial charge is 0.216 e. The van der Waals surface area contributed by atoms with Gasteiger partial charge in [-0.1, -0.05) is 0 Å². The Bertz CT molecular complexity index is 604. The first-order valence-corrected chi connectivity index (χ1v) is 6.59. The van der Waals surface area contributed by atoms with Crippen molar-refractivity contribution in [2.75, 3.05) is 13.7 Å². The lowest BCUT2D eigenvalue weighted by Crippen LogP contribution is -1.92. The average Bonchev–Trinajstić information content (AvgIpc) is 2.83. The Hall–Kier alpha value is -2.13. The van der Waals surface area contributed by atoms with Crippen LogP contribution in [0.15, 0.2) is 18.5 Å². The Balaban J connectivity index is 2.38. The lowest BCUT2D eigenvalue weighted by molar-refractivity contribution is 0.339. The minimum Gasteiger partial charge on any atom is -0.493 e. The molecule has 2 aromatic rings. The minimum absolute atomic E-state index is 0.336. The van der Waals surface area contributed by atoms with Gasteiger partial charge in [-0.25, -0.2) is 9.97 Å². The summed E-state index contributed by atoms with van der Waals surface area (Å²) in [4.78, 5) is 10.0. The summed E-state index contributed by atoms with van der Waals surface area (Å²) in [6, 6.07) is 5.81. The number of ether oxygens (including phenoxy) is 2. The van der Waals surface area contributed by atoms with E-state index in [1.807, 2.05) is 13.0 Å². The molecule has 0 aliphatic carbocycles. The molecule has 0 unspecified atom stereocenters. The van der Waals surface area contributed by atoms with E-state index in [-0.39, 0.29) is 0 Å². The maximum atomic E-state index is 8.83. The van der Waals surface area contributed by atoms with E-state index < -0.39 is 0 Å². The lowest BCUT2D eigenvalue weighted by atomic mass is 10.3. The highest BCUT2D eigenvalue weighted by molar-refractivity contribution is 7.15. The zero-order valence-electron chi connectivity index (χ0n) is 10.7. The van der Waals surface area contributed by atoms with Crippen LogP contribution in [-0.4, -0.2) is 23.7 Å². The second-order valence-electron chi connectivity index (χ2n) is 3.61. The predicted molar refractivity (Wildman–Crippen MR) is 72.4 cm³/mol. The second-order valence-corrected chi connectivity index (χ2v) is 4.75. The fraction of sp³-hybridized carbons (Fsp3) is 0.308. The molecule has 0 atom stereocenters. The molecule has 98 valence electrons. The van der Waals surface area contributed by atoms with Gasteiger partial charge in [0.1, 0.15) is 12.1 Å². The fourth-order valence-electron chi connectivity index (χ4n) is 1.60. The van der Waals surface area contributed by atoms with Gasteiger partial charge in [-0.3, -0.25) is 0 Å². The normalized spacial score (nSPS) is 9.95. The molecule has 2 aromatic heterocycles. The van der Waals surface area contributed by atoms with Crippen LogP contribution in [0.1, 0.15) is 11.8 Å². The highest BCUT2D eigenvalue weighted by Gasteiger charge is 2.13. The lowest BCUT2D eigenvalue weighted by Gasteiger charge is -2.00. The van der Waals surface area contributed by atoms with Gasteiger partial charge in [0.15, 0.2) is 0 Å². The first-order valence-electron chi connectivity index (χ1n) is 5.77. The fourth-order valence-corrected chi connectivity index (χ4v) is 2.60. The second kappa shape index (κ2) is 6.16. The first kappa shape index (κ1) is 13.3. The van der Waals surface area contributed by atoms with Crippen LogP contribution in [0, 0.1) is 11.3 Å². The van der Waals surface area contributed by atoms with Crippen molar-refractivity contribution in [1.82, 2.24) is 9.97 Å². The van der Waals surface area contributed by atoms with Crippen molar-refractivity contribution in [3.63, 3.8) is 0 Å². The third-order valence-electron chi connectivity index (χ3n) is 2.41.